The van der Waals surface area contributed by atoms with Crippen LogP contribution < -0.4 is 0 Å². The number of carbonyl (C=O) groups is 1. The van der Waals surface area contributed by atoms with E-state index in [0.29, 0.717) is 12.4 Å². The first-order valence-corrected chi connectivity index (χ1v) is 7.98. The normalized spacial score (nSPS) is 18.0. The summed E-state index contributed by atoms with van der Waals surface area (Å²) in [5, 5.41) is 1.05. The largest absolute Gasteiger partial charge is 0.451 e. The number of likely N-dealkylation sites (N-methyl/N-ethyl adjacent to an activating group) is 1. The standard InChI is InChI=1S/C18H23NO3/c1-4-5-13-6-7-16-15(10-13)12(2)17(22-16)18(20)19(3)14-8-9-21-11-14/h6-7,10,14H,4-5,8-9,11H2,1-3H3. The number of hydrogen-bond donors (Lipinski definition) is 0. The van der Waals surface area contributed by atoms with Gasteiger partial charge < -0.3 is 14.1 Å². The third kappa shape index (κ3) is 2.63. The van der Waals surface area contributed by atoms with E-state index >= 15 is 0 Å². The second-order valence-corrected chi connectivity index (χ2v) is 6.07. The van der Waals surface area contributed by atoms with E-state index in [0.717, 1.165) is 42.4 Å². The molecule has 0 aliphatic carbocycles. The molecule has 3 rings (SSSR count). The summed E-state index contributed by atoms with van der Waals surface area (Å²) in [6, 6.07) is 6.35. The zero-order chi connectivity index (χ0) is 15.7. The van der Waals surface area contributed by atoms with Crippen molar-refractivity contribution in [3.8, 4) is 0 Å². The van der Waals surface area contributed by atoms with Crippen LogP contribution in [0.4, 0.5) is 0 Å². The SMILES string of the molecule is CCCc1ccc2oc(C(=O)N(C)C3CCOC3)c(C)c2c1. The second-order valence-electron chi connectivity index (χ2n) is 6.07. The molecule has 0 radical (unpaired) electrons. The van der Waals surface area contributed by atoms with Gasteiger partial charge in [-0.1, -0.05) is 19.4 Å². The van der Waals surface area contributed by atoms with Gasteiger partial charge in [-0.05, 0) is 37.5 Å². The number of benzene rings is 1. The quantitative estimate of drug-likeness (QED) is 0.867. The Kier molecular flexibility index (Phi) is 4.21. The second kappa shape index (κ2) is 6.13. The summed E-state index contributed by atoms with van der Waals surface area (Å²) in [6.07, 6.45) is 3.05. The molecule has 22 heavy (non-hydrogen) atoms. The molecule has 1 unspecified atom stereocenters. The topological polar surface area (TPSA) is 42.7 Å². The first kappa shape index (κ1) is 15.1. The Morgan fingerprint density at radius 3 is 2.91 bits per heavy atom. The number of nitrogens with zero attached hydrogens (tertiary/aromatic N) is 1. The number of ether oxygens (including phenoxy) is 1. The lowest BCUT2D eigenvalue weighted by Crippen LogP contribution is -2.37. The molecule has 1 atom stereocenters. The maximum atomic E-state index is 12.7. The number of hydrogen-bond acceptors (Lipinski definition) is 3. The Hall–Kier alpha value is -1.81. The predicted octanol–water partition coefficient (Wildman–Crippen LogP) is 3.55. The highest BCUT2D eigenvalue weighted by Gasteiger charge is 2.28. The lowest BCUT2D eigenvalue weighted by atomic mass is 10.1. The number of furan rings is 1. The molecule has 0 spiro atoms. The van der Waals surface area contributed by atoms with Crippen LogP contribution in [0.25, 0.3) is 11.0 Å². The molecule has 118 valence electrons. The van der Waals surface area contributed by atoms with Crippen molar-refractivity contribution in [3.63, 3.8) is 0 Å². The van der Waals surface area contributed by atoms with Crippen LogP contribution in [0.2, 0.25) is 0 Å². The van der Waals surface area contributed by atoms with Crippen molar-refractivity contribution in [2.75, 3.05) is 20.3 Å². The van der Waals surface area contributed by atoms with Crippen molar-refractivity contribution in [3.05, 3.63) is 35.1 Å². The van der Waals surface area contributed by atoms with Crippen LogP contribution in [0.1, 0.15) is 41.4 Å². The molecule has 4 heteroatoms. The molecule has 0 N–H and O–H groups in total. The Morgan fingerprint density at radius 2 is 2.23 bits per heavy atom. The third-order valence-electron chi connectivity index (χ3n) is 4.51. The molecule has 1 saturated heterocycles. The fourth-order valence-electron chi connectivity index (χ4n) is 3.07. The highest BCUT2D eigenvalue weighted by atomic mass is 16.5. The Balaban J connectivity index is 1.93. The van der Waals surface area contributed by atoms with Crippen molar-refractivity contribution in [2.45, 2.75) is 39.2 Å². The smallest absolute Gasteiger partial charge is 0.289 e. The molecule has 1 amide bonds. The van der Waals surface area contributed by atoms with Crippen LogP contribution >= 0.6 is 0 Å². The van der Waals surface area contributed by atoms with Gasteiger partial charge in [-0.25, -0.2) is 0 Å². The molecule has 2 heterocycles. The van der Waals surface area contributed by atoms with E-state index in [9.17, 15) is 4.79 Å². The van der Waals surface area contributed by atoms with E-state index in [4.69, 9.17) is 9.15 Å². The van der Waals surface area contributed by atoms with Gasteiger partial charge in [0.05, 0.1) is 12.6 Å². The van der Waals surface area contributed by atoms with E-state index in [1.165, 1.54) is 5.56 Å². The lowest BCUT2D eigenvalue weighted by Gasteiger charge is -2.22. The summed E-state index contributed by atoms with van der Waals surface area (Å²) >= 11 is 0. The number of aryl methyl sites for hydroxylation is 2. The molecule has 1 aliphatic heterocycles. The Labute approximate surface area is 131 Å². The van der Waals surface area contributed by atoms with E-state index < -0.39 is 0 Å². The monoisotopic (exact) mass is 301 g/mol. The van der Waals surface area contributed by atoms with Gasteiger partial charge in [0.2, 0.25) is 0 Å². The maximum Gasteiger partial charge on any atom is 0.289 e. The van der Waals surface area contributed by atoms with Gasteiger partial charge in [-0.15, -0.1) is 0 Å². The number of carbonyl (C=O) groups excluding carboxylic acids is 1. The number of fused-ring (bicyclic) bond motifs is 1. The maximum absolute atomic E-state index is 12.7. The zero-order valence-corrected chi connectivity index (χ0v) is 13.5. The Morgan fingerprint density at radius 1 is 1.41 bits per heavy atom. The fourth-order valence-corrected chi connectivity index (χ4v) is 3.07. The van der Waals surface area contributed by atoms with E-state index in [1.54, 1.807) is 4.90 Å². The minimum atomic E-state index is -0.0544. The minimum absolute atomic E-state index is 0.0544. The van der Waals surface area contributed by atoms with Crippen molar-refractivity contribution >= 4 is 16.9 Å². The first-order valence-electron chi connectivity index (χ1n) is 7.98. The number of amides is 1. The molecule has 4 nitrogen and oxygen atoms in total. The number of rotatable bonds is 4. The van der Waals surface area contributed by atoms with Crippen LogP contribution in [0.15, 0.2) is 22.6 Å². The molecular weight excluding hydrogens is 278 g/mol. The van der Waals surface area contributed by atoms with E-state index in [2.05, 4.69) is 19.1 Å². The van der Waals surface area contributed by atoms with Crippen LogP contribution in [0, 0.1) is 6.92 Å². The minimum Gasteiger partial charge on any atom is -0.451 e. The van der Waals surface area contributed by atoms with Crippen LogP contribution in [-0.4, -0.2) is 37.1 Å². The van der Waals surface area contributed by atoms with Crippen molar-refractivity contribution in [2.24, 2.45) is 0 Å². The van der Waals surface area contributed by atoms with E-state index in [-0.39, 0.29) is 11.9 Å². The van der Waals surface area contributed by atoms with Crippen molar-refractivity contribution in [1.29, 1.82) is 0 Å². The summed E-state index contributed by atoms with van der Waals surface area (Å²) in [5.41, 5.74) is 3.01. The van der Waals surface area contributed by atoms with Crippen molar-refractivity contribution in [1.82, 2.24) is 4.90 Å². The van der Waals surface area contributed by atoms with Crippen LogP contribution in [0.5, 0.6) is 0 Å². The van der Waals surface area contributed by atoms with Gasteiger partial charge in [0, 0.05) is 24.6 Å². The molecule has 1 aromatic heterocycles. The summed E-state index contributed by atoms with van der Waals surface area (Å²) in [5.74, 6) is 0.402. The van der Waals surface area contributed by atoms with Crippen LogP contribution in [-0.2, 0) is 11.2 Å². The van der Waals surface area contributed by atoms with Gasteiger partial charge >= 0.3 is 0 Å². The summed E-state index contributed by atoms with van der Waals surface area (Å²) in [7, 11) is 1.83. The molecule has 0 saturated carbocycles. The first-order chi connectivity index (χ1) is 10.6. The van der Waals surface area contributed by atoms with Crippen molar-refractivity contribution < 1.29 is 13.9 Å². The van der Waals surface area contributed by atoms with Gasteiger partial charge in [-0.3, -0.25) is 4.79 Å². The molecule has 2 aromatic rings. The average molecular weight is 301 g/mol. The zero-order valence-electron chi connectivity index (χ0n) is 13.5. The molecular formula is C18H23NO3. The highest BCUT2D eigenvalue weighted by Crippen LogP contribution is 2.28. The highest BCUT2D eigenvalue weighted by molar-refractivity contribution is 5.99. The fraction of sp³-hybridized carbons (Fsp3) is 0.500. The molecule has 1 aromatic carbocycles. The third-order valence-corrected chi connectivity index (χ3v) is 4.51. The van der Waals surface area contributed by atoms with Gasteiger partial charge in [0.25, 0.3) is 5.91 Å². The van der Waals surface area contributed by atoms with Crippen LogP contribution in [0.3, 0.4) is 0 Å². The predicted molar refractivity (Wildman–Crippen MR) is 86.3 cm³/mol. The summed E-state index contributed by atoms with van der Waals surface area (Å²) < 4.78 is 11.2. The molecule has 1 aliphatic rings. The molecule has 0 bridgehead atoms. The molecule has 1 fully saturated rings. The van der Waals surface area contributed by atoms with Gasteiger partial charge in [-0.2, -0.15) is 0 Å². The summed E-state index contributed by atoms with van der Waals surface area (Å²) in [4.78, 5) is 14.5. The Bertz CT molecular complexity index is 683. The lowest BCUT2D eigenvalue weighted by molar-refractivity contribution is 0.0681. The van der Waals surface area contributed by atoms with Gasteiger partial charge in [0.15, 0.2) is 5.76 Å². The van der Waals surface area contributed by atoms with Gasteiger partial charge in [0.1, 0.15) is 5.58 Å². The average Bonchev–Trinajstić information content (AvgIpc) is 3.15. The van der Waals surface area contributed by atoms with E-state index in [1.807, 2.05) is 20.0 Å². The summed E-state index contributed by atoms with van der Waals surface area (Å²) in [6.45, 7) is 5.47.